The van der Waals surface area contributed by atoms with Crippen LogP contribution in [-0.4, -0.2) is 12.6 Å². The van der Waals surface area contributed by atoms with Gasteiger partial charge in [0, 0.05) is 6.04 Å². The van der Waals surface area contributed by atoms with Crippen molar-refractivity contribution in [1.82, 2.24) is 0 Å². The van der Waals surface area contributed by atoms with Gasteiger partial charge >= 0.3 is 0 Å². The first-order valence-electron chi connectivity index (χ1n) is 6.72. The summed E-state index contributed by atoms with van der Waals surface area (Å²) in [6.45, 7) is 10.1. The van der Waals surface area contributed by atoms with Gasteiger partial charge in [-0.25, -0.2) is 0 Å². The molecule has 2 nitrogen and oxygen atoms in total. The lowest BCUT2D eigenvalue weighted by Crippen LogP contribution is -2.43. The van der Waals surface area contributed by atoms with E-state index in [0.29, 0.717) is 11.5 Å². The van der Waals surface area contributed by atoms with Gasteiger partial charge in [0.2, 0.25) is 0 Å². The molecule has 16 heavy (non-hydrogen) atoms. The fourth-order valence-electron chi connectivity index (χ4n) is 3.46. The van der Waals surface area contributed by atoms with Gasteiger partial charge in [0.15, 0.2) is 0 Å². The Hall–Kier alpha value is -0.0800. The minimum absolute atomic E-state index is 0.274. The third-order valence-electron chi connectivity index (χ3n) is 4.10. The van der Waals surface area contributed by atoms with E-state index >= 15 is 0 Å². The molecule has 1 fully saturated rings. The van der Waals surface area contributed by atoms with Crippen molar-refractivity contribution in [3.05, 3.63) is 0 Å². The van der Waals surface area contributed by atoms with Gasteiger partial charge in [-0.15, -0.1) is 0 Å². The van der Waals surface area contributed by atoms with E-state index in [9.17, 15) is 0 Å². The maximum absolute atomic E-state index is 6.10. The molecule has 96 valence electrons. The highest BCUT2D eigenvalue weighted by Crippen LogP contribution is 2.44. The number of hydrogen-bond acceptors (Lipinski definition) is 2. The summed E-state index contributed by atoms with van der Waals surface area (Å²) in [7, 11) is 0. The molecule has 0 bridgehead atoms. The molecule has 0 saturated heterocycles. The molecule has 0 amide bonds. The molecule has 1 aliphatic rings. The zero-order valence-electron chi connectivity index (χ0n) is 11.6. The van der Waals surface area contributed by atoms with Crippen LogP contribution in [0.2, 0.25) is 0 Å². The summed E-state index contributed by atoms with van der Waals surface area (Å²) in [4.78, 5) is 0. The van der Waals surface area contributed by atoms with E-state index in [2.05, 4.69) is 27.7 Å². The summed E-state index contributed by atoms with van der Waals surface area (Å²) in [5, 5.41) is 0. The van der Waals surface area contributed by atoms with Crippen molar-refractivity contribution in [3.8, 4) is 0 Å². The molecule has 1 aliphatic carbocycles. The van der Waals surface area contributed by atoms with Crippen molar-refractivity contribution in [2.75, 3.05) is 6.54 Å². The number of nitrogens with two attached hydrogens (primary N) is 2. The van der Waals surface area contributed by atoms with Gasteiger partial charge in [-0.3, -0.25) is 0 Å². The van der Waals surface area contributed by atoms with E-state index < -0.39 is 0 Å². The average Bonchev–Trinajstić information content (AvgIpc) is 2.15. The van der Waals surface area contributed by atoms with Gasteiger partial charge in [-0.1, -0.05) is 34.1 Å². The lowest BCUT2D eigenvalue weighted by molar-refractivity contribution is 0.0828. The van der Waals surface area contributed by atoms with Crippen molar-refractivity contribution in [3.63, 3.8) is 0 Å². The molecule has 0 spiro atoms. The molecule has 3 atom stereocenters. The summed E-state index contributed by atoms with van der Waals surface area (Å²) >= 11 is 0. The summed E-state index contributed by atoms with van der Waals surface area (Å²) < 4.78 is 0. The van der Waals surface area contributed by atoms with Crippen molar-refractivity contribution in [2.45, 2.75) is 65.8 Å². The summed E-state index contributed by atoms with van der Waals surface area (Å²) in [6, 6.07) is 0.407. The quantitative estimate of drug-likeness (QED) is 0.777. The van der Waals surface area contributed by atoms with Gasteiger partial charge in [-0.05, 0) is 49.0 Å². The maximum atomic E-state index is 6.10. The molecule has 0 heterocycles. The Morgan fingerprint density at radius 3 is 2.19 bits per heavy atom. The van der Waals surface area contributed by atoms with Crippen LogP contribution in [0.5, 0.6) is 0 Å². The van der Waals surface area contributed by atoms with Crippen molar-refractivity contribution >= 4 is 0 Å². The average molecular weight is 226 g/mol. The normalized spacial score (nSPS) is 31.1. The Balaban J connectivity index is 2.70. The summed E-state index contributed by atoms with van der Waals surface area (Å²) in [5.41, 5.74) is 12.8. The first kappa shape index (κ1) is 14.0. The third kappa shape index (κ3) is 3.74. The third-order valence-corrected chi connectivity index (χ3v) is 4.10. The van der Waals surface area contributed by atoms with Crippen LogP contribution >= 0.6 is 0 Å². The monoisotopic (exact) mass is 226 g/mol. The minimum atomic E-state index is 0.274. The molecule has 1 rings (SSSR count). The molecule has 4 N–H and O–H groups in total. The van der Waals surface area contributed by atoms with Crippen LogP contribution in [0.1, 0.15) is 59.8 Å². The maximum Gasteiger partial charge on any atom is 0.00416 e. The Kier molecular flexibility index (Phi) is 4.42. The van der Waals surface area contributed by atoms with E-state index in [1.54, 1.807) is 0 Å². The van der Waals surface area contributed by atoms with E-state index in [1.807, 2.05) is 0 Å². The first-order chi connectivity index (χ1) is 7.27. The Morgan fingerprint density at radius 1 is 1.12 bits per heavy atom. The number of rotatable bonds is 3. The van der Waals surface area contributed by atoms with Crippen molar-refractivity contribution in [1.29, 1.82) is 0 Å². The zero-order valence-corrected chi connectivity index (χ0v) is 11.6. The van der Waals surface area contributed by atoms with Crippen LogP contribution in [0.3, 0.4) is 0 Å². The lowest BCUT2D eigenvalue weighted by atomic mass is 9.63. The second kappa shape index (κ2) is 5.05. The van der Waals surface area contributed by atoms with Crippen LogP contribution < -0.4 is 11.5 Å². The highest BCUT2D eigenvalue weighted by molar-refractivity contribution is 4.91. The van der Waals surface area contributed by atoms with E-state index in [-0.39, 0.29) is 5.41 Å². The summed E-state index contributed by atoms with van der Waals surface area (Å²) in [5.74, 6) is 0.723. The second-order valence-corrected chi connectivity index (χ2v) is 7.22. The molecular weight excluding hydrogens is 196 g/mol. The highest BCUT2D eigenvalue weighted by Gasteiger charge is 2.38. The van der Waals surface area contributed by atoms with Gasteiger partial charge in [0.25, 0.3) is 0 Å². The van der Waals surface area contributed by atoms with Crippen LogP contribution in [0.25, 0.3) is 0 Å². The van der Waals surface area contributed by atoms with Crippen LogP contribution in [0.4, 0.5) is 0 Å². The van der Waals surface area contributed by atoms with Crippen molar-refractivity contribution < 1.29 is 0 Å². The SMILES string of the molecule is CC(C)(C)CC(C)(CN)C1CCCC(N)C1. The van der Waals surface area contributed by atoms with Crippen LogP contribution in [-0.2, 0) is 0 Å². The largest absolute Gasteiger partial charge is 0.330 e. The molecule has 0 aromatic carbocycles. The first-order valence-corrected chi connectivity index (χ1v) is 6.72. The van der Waals surface area contributed by atoms with E-state index in [4.69, 9.17) is 11.5 Å². The van der Waals surface area contributed by atoms with Crippen LogP contribution in [0.15, 0.2) is 0 Å². The molecule has 0 aromatic rings. The molecule has 0 radical (unpaired) electrons. The summed E-state index contributed by atoms with van der Waals surface area (Å²) in [6.07, 6.45) is 6.17. The standard InChI is InChI=1S/C14H30N2/c1-13(2,3)9-14(4,10-15)11-6-5-7-12(16)8-11/h11-12H,5-10,15-16H2,1-4H3. The van der Waals surface area contributed by atoms with Gasteiger partial charge < -0.3 is 11.5 Å². The van der Waals surface area contributed by atoms with Gasteiger partial charge in [-0.2, -0.15) is 0 Å². The molecule has 0 aromatic heterocycles. The topological polar surface area (TPSA) is 52.0 Å². The Labute approximate surface area is 101 Å². The Morgan fingerprint density at radius 2 is 1.75 bits per heavy atom. The van der Waals surface area contributed by atoms with E-state index in [1.165, 1.54) is 32.1 Å². The molecule has 2 heteroatoms. The van der Waals surface area contributed by atoms with Crippen LogP contribution in [0, 0.1) is 16.7 Å². The molecule has 1 saturated carbocycles. The fourth-order valence-corrected chi connectivity index (χ4v) is 3.46. The predicted molar refractivity (Wildman–Crippen MR) is 71.2 cm³/mol. The predicted octanol–water partition coefficient (Wildman–Crippen LogP) is 2.91. The lowest BCUT2D eigenvalue weighted by Gasteiger charge is -2.44. The minimum Gasteiger partial charge on any atom is -0.330 e. The van der Waals surface area contributed by atoms with Gasteiger partial charge in [0.1, 0.15) is 0 Å². The fraction of sp³-hybridized carbons (Fsp3) is 1.00. The smallest absolute Gasteiger partial charge is 0.00416 e. The molecular formula is C14H30N2. The second-order valence-electron chi connectivity index (χ2n) is 7.22. The Bertz CT molecular complexity index is 219. The number of hydrogen-bond donors (Lipinski definition) is 2. The highest BCUT2D eigenvalue weighted by atomic mass is 14.7. The van der Waals surface area contributed by atoms with Gasteiger partial charge in [0.05, 0.1) is 0 Å². The van der Waals surface area contributed by atoms with E-state index in [0.717, 1.165) is 12.5 Å². The van der Waals surface area contributed by atoms with Crippen molar-refractivity contribution in [2.24, 2.45) is 28.2 Å². The zero-order chi connectivity index (χ0) is 12.4. The molecule has 0 aliphatic heterocycles. The molecule has 3 unspecified atom stereocenters.